The molecule has 1 aromatic carbocycles. The van der Waals surface area contributed by atoms with E-state index in [1.165, 1.54) is 18.0 Å². The van der Waals surface area contributed by atoms with Crippen molar-refractivity contribution in [2.24, 2.45) is 0 Å². The third kappa shape index (κ3) is 5.21. The molecule has 0 aliphatic carbocycles. The molecule has 1 aromatic rings. The number of allylic oxidation sites excluding steroid dienone is 1. The molecular formula is C15H19ClN2O3. The van der Waals surface area contributed by atoms with Gasteiger partial charge in [-0.25, -0.2) is 0 Å². The lowest BCUT2D eigenvalue weighted by Gasteiger charge is -2.17. The fourth-order valence-corrected chi connectivity index (χ4v) is 1.81. The normalized spacial score (nSPS) is 11.1. The van der Waals surface area contributed by atoms with E-state index in [2.05, 4.69) is 5.32 Å². The van der Waals surface area contributed by atoms with Crippen molar-refractivity contribution in [2.45, 2.75) is 13.5 Å². The van der Waals surface area contributed by atoms with Crippen molar-refractivity contribution in [1.29, 1.82) is 0 Å². The lowest BCUT2D eigenvalue weighted by Crippen LogP contribution is -2.37. The molecule has 114 valence electrons. The Morgan fingerprint density at radius 3 is 2.48 bits per heavy atom. The van der Waals surface area contributed by atoms with Gasteiger partial charge in [-0.1, -0.05) is 29.8 Å². The van der Waals surface area contributed by atoms with Crippen molar-refractivity contribution in [3.05, 3.63) is 46.5 Å². The Kier molecular flexibility index (Phi) is 6.91. The Morgan fingerprint density at radius 2 is 1.95 bits per heavy atom. The number of hydrogen-bond donors (Lipinski definition) is 2. The summed E-state index contributed by atoms with van der Waals surface area (Å²) in [5, 5.41) is 12.1. The molecule has 0 spiro atoms. The van der Waals surface area contributed by atoms with Crippen molar-refractivity contribution in [2.75, 3.05) is 20.2 Å². The molecule has 2 amide bonds. The highest BCUT2D eigenvalue weighted by atomic mass is 35.5. The molecule has 0 bridgehead atoms. The summed E-state index contributed by atoms with van der Waals surface area (Å²) in [6, 6.07) is 7.08. The first kappa shape index (κ1) is 17.2. The van der Waals surface area contributed by atoms with Gasteiger partial charge in [0.2, 0.25) is 0 Å². The molecular weight excluding hydrogens is 292 g/mol. The second kappa shape index (κ2) is 8.44. The van der Waals surface area contributed by atoms with Crippen molar-refractivity contribution < 1.29 is 14.7 Å². The zero-order chi connectivity index (χ0) is 15.8. The van der Waals surface area contributed by atoms with Crippen molar-refractivity contribution in [1.82, 2.24) is 10.2 Å². The summed E-state index contributed by atoms with van der Waals surface area (Å²) >= 11 is 5.79. The average molecular weight is 311 g/mol. The molecule has 0 aromatic heterocycles. The van der Waals surface area contributed by atoms with E-state index < -0.39 is 11.8 Å². The van der Waals surface area contributed by atoms with Crippen LogP contribution in [0.1, 0.15) is 12.5 Å². The van der Waals surface area contributed by atoms with Gasteiger partial charge >= 0.3 is 0 Å². The van der Waals surface area contributed by atoms with Crippen LogP contribution < -0.4 is 5.32 Å². The maximum absolute atomic E-state index is 12.0. The van der Waals surface area contributed by atoms with E-state index in [4.69, 9.17) is 16.7 Å². The highest BCUT2D eigenvalue weighted by molar-refractivity contribution is 6.30. The summed E-state index contributed by atoms with van der Waals surface area (Å²) in [5.41, 5.74) is 0.944. The van der Waals surface area contributed by atoms with Crippen LogP contribution in [0.2, 0.25) is 5.02 Å². The van der Waals surface area contributed by atoms with E-state index in [1.54, 1.807) is 31.2 Å². The molecule has 5 nitrogen and oxygen atoms in total. The van der Waals surface area contributed by atoms with Crippen LogP contribution in [-0.2, 0) is 16.1 Å². The van der Waals surface area contributed by atoms with Gasteiger partial charge in [-0.05, 0) is 24.6 Å². The number of likely N-dealkylation sites (N-methyl/N-ethyl adjacent to an activating group) is 1. The Balaban J connectivity index is 2.64. The van der Waals surface area contributed by atoms with Gasteiger partial charge in [-0.15, -0.1) is 0 Å². The zero-order valence-electron chi connectivity index (χ0n) is 12.1. The van der Waals surface area contributed by atoms with E-state index in [0.29, 0.717) is 11.6 Å². The molecule has 0 fully saturated rings. The molecule has 2 N–H and O–H groups in total. The van der Waals surface area contributed by atoms with Crippen LogP contribution in [-0.4, -0.2) is 42.0 Å². The third-order valence-corrected chi connectivity index (χ3v) is 3.16. The summed E-state index contributed by atoms with van der Waals surface area (Å²) < 4.78 is 0. The maximum Gasteiger partial charge on any atom is 0.258 e. The number of nitrogens with one attached hydrogen (secondary N) is 1. The smallest absolute Gasteiger partial charge is 0.258 e. The molecule has 0 aliphatic heterocycles. The minimum absolute atomic E-state index is 0.0555. The largest absolute Gasteiger partial charge is 0.395 e. The van der Waals surface area contributed by atoms with Crippen molar-refractivity contribution >= 4 is 23.4 Å². The number of benzene rings is 1. The second-order valence-corrected chi connectivity index (χ2v) is 4.90. The number of hydrogen-bond acceptors (Lipinski definition) is 3. The molecule has 0 aliphatic rings. The lowest BCUT2D eigenvalue weighted by molar-refractivity contribution is -0.129. The quantitative estimate of drug-likeness (QED) is 0.473. The molecule has 21 heavy (non-hydrogen) atoms. The van der Waals surface area contributed by atoms with Gasteiger partial charge in [-0.2, -0.15) is 0 Å². The Bertz CT molecular complexity index is 526. The summed E-state index contributed by atoms with van der Waals surface area (Å²) in [4.78, 5) is 25.4. The Labute approximate surface area is 129 Å². The number of nitrogens with zero attached hydrogens (tertiary/aromatic N) is 1. The standard InChI is InChI=1S/C15H19ClN2O3/c1-3-13(15(21)18(2)8-9-19)14(20)17-10-11-4-6-12(16)7-5-11/h3-7,19H,8-10H2,1-2H3,(H,17,20)/b13-3+. The van der Waals surface area contributed by atoms with Gasteiger partial charge in [0.05, 0.1) is 12.2 Å². The van der Waals surface area contributed by atoms with E-state index in [-0.39, 0.29) is 18.7 Å². The van der Waals surface area contributed by atoms with Crippen molar-refractivity contribution in [3.8, 4) is 0 Å². The lowest BCUT2D eigenvalue weighted by atomic mass is 10.2. The monoisotopic (exact) mass is 310 g/mol. The fraction of sp³-hybridized carbons (Fsp3) is 0.333. The van der Waals surface area contributed by atoms with E-state index in [1.807, 2.05) is 0 Å². The van der Waals surface area contributed by atoms with E-state index >= 15 is 0 Å². The van der Waals surface area contributed by atoms with Crippen LogP contribution in [0.4, 0.5) is 0 Å². The Morgan fingerprint density at radius 1 is 1.33 bits per heavy atom. The molecule has 0 atom stereocenters. The fourth-order valence-electron chi connectivity index (χ4n) is 1.69. The van der Waals surface area contributed by atoms with Gasteiger partial charge in [0.1, 0.15) is 0 Å². The maximum atomic E-state index is 12.0. The van der Waals surface area contributed by atoms with E-state index in [0.717, 1.165) is 5.56 Å². The molecule has 0 unspecified atom stereocenters. The number of amides is 2. The molecule has 0 saturated carbocycles. The van der Waals surface area contributed by atoms with Crippen LogP contribution in [0.5, 0.6) is 0 Å². The first-order chi connectivity index (χ1) is 9.99. The molecule has 0 heterocycles. The topological polar surface area (TPSA) is 69.6 Å². The van der Waals surface area contributed by atoms with Crippen LogP contribution in [0.25, 0.3) is 0 Å². The van der Waals surface area contributed by atoms with Crippen LogP contribution in [0.3, 0.4) is 0 Å². The minimum Gasteiger partial charge on any atom is -0.395 e. The van der Waals surface area contributed by atoms with Crippen LogP contribution in [0, 0.1) is 0 Å². The predicted molar refractivity (Wildman–Crippen MR) is 81.8 cm³/mol. The number of halogens is 1. The predicted octanol–water partition coefficient (Wildman–Crippen LogP) is 1.35. The van der Waals surface area contributed by atoms with Gasteiger partial charge in [0.25, 0.3) is 11.8 Å². The minimum atomic E-state index is -0.442. The average Bonchev–Trinajstić information content (AvgIpc) is 2.47. The number of aliphatic hydroxyl groups is 1. The van der Waals surface area contributed by atoms with Gasteiger partial charge < -0.3 is 15.3 Å². The number of rotatable bonds is 6. The summed E-state index contributed by atoms with van der Waals surface area (Å²) in [5.74, 6) is -0.859. The first-order valence-corrected chi connectivity index (χ1v) is 6.92. The van der Waals surface area contributed by atoms with E-state index in [9.17, 15) is 9.59 Å². The van der Waals surface area contributed by atoms with Gasteiger partial charge in [-0.3, -0.25) is 9.59 Å². The highest BCUT2D eigenvalue weighted by Gasteiger charge is 2.20. The molecule has 0 radical (unpaired) electrons. The summed E-state index contributed by atoms with van der Waals surface area (Å²) in [7, 11) is 1.54. The SMILES string of the molecule is C/C=C(\C(=O)NCc1ccc(Cl)cc1)C(=O)N(C)CCO. The number of aliphatic hydroxyl groups excluding tert-OH is 1. The van der Waals surface area contributed by atoms with Crippen LogP contribution in [0.15, 0.2) is 35.9 Å². The third-order valence-electron chi connectivity index (χ3n) is 2.91. The molecule has 1 rings (SSSR count). The summed E-state index contributed by atoms with van der Waals surface area (Å²) in [6.45, 7) is 1.97. The summed E-state index contributed by atoms with van der Waals surface area (Å²) in [6.07, 6.45) is 1.47. The first-order valence-electron chi connectivity index (χ1n) is 6.55. The zero-order valence-corrected chi connectivity index (χ0v) is 12.9. The Hall–Kier alpha value is -1.85. The second-order valence-electron chi connectivity index (χ2n) is 4.46. The van der Waals surface area contributed by atoms with Gasteiger partial charge in [0.15, 0.2) is 0 Å². The number of carbonyl (C=O) groups excluding carboxylic acids is 2. The van der Waals surface area contributed by atoms with Crippen LogP contribution >= 0.6 is 11.6 Å². The van der Waals surface area contributed by atoms with Gasteiger partial charge in [0, 0.05) is 25.2 Å². The number of carbonyl (C=O) groups is 2. The van der Waals surface area contributed by atoms with Crippen molar-refractivity contribution in [3.63, 3.8) is 0 Å². The molecule has 0 saturated heterocycles. The highest BCUT2D eigenvalue weighted by Crippen LogP contribution is 2.09. The molecule has 6 heteroatoms.